The van der Waals surface area contributed by atoms with E-state index in [1.54, 1.807) is 0 Å². The molecular formula is C18H13F2N3OS. The molecule has 4 aromatic rings. The molecule has 4 rings (SSSR count). The molecule has 2 aromatic carbocycles. The SMILES string of the molecule is O=C(Cc1ccc2ccccc2c1)Nc1ncn2c(C(F)F)csc12. The number of hydrogen-bond donors (Lipinski definition) is 1. The number of imidazole rings is 1. The van der Waals surface area contributed by atoms with Gasteiger partial charge in [-0.25, -0.2) is 13.8 Å². The Morgan fingerprint density at radius 2 is 2.00 bits per heavy atom. The zero-order valence-electron chi connectivity index (χ0n) is 12.9. The number of rotatable bonds is 4. The first kappa shape index (κ1) is 15.7. The summed E-state index contributed by atoms with van der Waals surface area (Å²) in [5.74, 6) is 0.0746. The summed E-state index contributed by atoms with van der Waals surface area (Å²) in [4.78, 5) is 16.8. The monoisotopic (exact) mass is 357 g/mol. The van der Waals surface area contributed by atoms with Gasteiger partial charge in [0, 0.05) is 5.38 Å². The number of anilines is 1. The smallest absolute Gasteiger partial charge is 0.279 e. The summed E-state index contributed by atoms with van der Waals surface area (Å²) in [6.45, 7) is 0. The van der Waals surface area contributed by atoms with Gasteiger partial charge in [0.15, 0.2) is 5.82 Å². The molecule has 2 heterocycles. The molecule has 126 valence electrons. The fraction of sp³-hybridized carbons (Fsp3) is 0.111. The van der Waals surface area contributed by atoms with Crippen molar-refractivity contribution >= 4 is 38.7 Å². The molecule has 0 spiro atoms. The van der Waals surface area contributed by atoms with Crippen LogP contribution in [0.3, 0.4) is 0 Å². The Balaban J connectivity index is 1.53. The van der Waals surface area contributed by atoms with Crippen LogP contribution in [0.2, 0.25) is 0 Å². The van der Waals surface area contributed by atoms with Gasteiger partial charge in [0.05, 0.1) is 6.42 Å². The lowest BCUT2D eigenvalue weighted by Crippen LogP contribution is -2.14. The molecule has 0 aliphatic heterocycles. The number of alkyl halides is 2. The summed E-state index contributed by atoms with van der Waals surface area (Å²) in [5, 5.41) is 6.26. The van der Waals surface area contributed by atoms with Crippen LogP contribution in [0.25, 0.3) is 15.6 Å². The minimum atomic E-state index is -2.58. The molecule has 4 nitrogen and oxygen atoms in total. The highest BCUT2D eigenvalue weighted by Crippen LogP contribution is 2.29. The largest absolute Gasteiger partial charge is 0.308 e. The Labute approximate surface area is 145 Å². The molecule has 0 saturated carbocycles. The van der Waals surface area contributed by atoms with E-state index in [0.29, 0.717) is 10.6 Å². The first-order valence-corrected chi connectivity index (χ1v) is 8.50. The van der Waals surface area contributed by atoms with Gasteiger partial charge >= 0.3 is 0 Å². The van der Waals surface area contributed by atoms with E-state index in [2.05, 4.69) is 10.3 Å². The maximum atomic E-state index is 12.9. The predicted molar refractivity (Wildman–Crippen MR) is 94.3 cm³/mol. The van der Waals surface area contributed by atoms with Crippen molar-refractivity contribution in [1.82, 2.24) is 9.38 Å². The molecule has 0 saturated heterocycles. The number of halogens is 2. The molecule has 0 unspecified atom stereocenters. The molecule has 0 aliphatic rings. The lowest BCUT2D eigenvalue weighted by molar-refractivity contribution is -0.115. The third kappa shape index (κ3) is 2.98. The normalized spacial score (nSPS) is 11.5. The zero-order valence-corrected chi connectivity index (χ0v) is 13.8. The van der Waals surface area contributed by atoms with E-state index in [1.165, 1.54) is 16.1 Å². The molecular weight excluding hydrogens is 344 g/mol. The Morgan fingerprint density at radius 3 is 2.80 bits per heavy atom. The quantitative estimate of drug-likeness (QED) is 0.577. The first-order chi connectivity index (χ1) is 12.1. The number of carbonyl (C=O) groups is 1. The fourth-order valence-corrected chi connectivity index (χ4v) is 3.69. The Bertz CT molecular complexity index is 1070. The fourth-order valence-electron chi connectivity index (χ4n) is 2.76. The van der Waals surface area contributed by atoms with E-state index in [4.69, 9.17) is 0 Å². The standard InChI is InChI=1S/C18H13F2N3OS/c19-16(20)14-9-25-18-17(21-10-23(14)18)22-15(24)8-11-5-6-12-3-1-2-4-13(12)7-11/h1-7,9-10,16H,8H2,(H,22,24). The first-order valence-electron chi connectivity index (χ1n) is 7.62. The molecule has 0 bridgehead atoms. The lowest BCUT2D eigenvalue weighted by atomic mass is 10.1. The third-order valence-corrected chi connectivity index (χ3v) is 4.93. The van der Waals surface area contributed by atoms with E-state index in [1.807, 2.05) is 42.5 Å². The minimum absolute atomic E-state index is 0.123. The number of nitrogens with zero attached hydrogens (tertiary/aromatic N) is 2. The van der Waals surface area contributed by atoms with Gasteiger partial charge in [0.25, 0.3) is 6.43 Å². The molecule has 0 fully saturated rings. The number of fused-ring (bicyclic) bond motifs is 2. The van der Waals surface area contributed by atoms with Gasteiger partial charge in [0.2, 0.25) is 5.91 Å². The Kier molecular flexibility index (Phi) is 3.93. The molecule has 25 heavy (non-hydrogen) atoms. The van der Waals surface area contributed by atoms with Crippen LogP contribution in [0.5, 0.6) is 0 Å². The van der Waals surface area contributed by atoms with Gasteiger partial charge in [-0.1, -0.05) is 42.5 Å². The Hall–Kier alpha value is -2.80. The van der Waals surface area contributed by atoms with Crippen molar-refractivity contribution in [3.63, 3.8) is 0 Å². The number of hydrogen-bond acceptors (Lipinski definition) is 3. The summed E-state index contributed by atoms with van der Waals surface area (Å²) in [6.07, 6.45) is -1.08. The third-order valence-electron chi connectivity index (χ3n) is 3.95. The van der Waals surface area contributed by atoms with Crippen LogP contribution in [-0.2, 0) is 11.2 Å². The second kappa shape index (κ2) is 6.25. The molecule has 0 aliphatic carbocycles. The summed E-state index contributed by atoms with van der Waals surface area (Å²) >= 11 is 1.13. The van der Waals surface area contributed by atoms with Gasteiger partial charge < -0.3 is 5.32 Å². The van der Waals surface area contributed by atoms with Crippen molar-refractivity contribution < 1.29 is 13.6 Å². The average Bonchev–Trinajstić information content (AvgIpc) is 3.17. The van der Waals surface area contributed by atoms with Gasteiger partial charge in [-0.15, -0.1) is 11.3 Å². The predicted octanol–water partition coefficient (Wildman–Crippen LogP) is 4.67. The average molecular weight is 357 g/mol. The zero-order chi connectivity index (χ0) is 17.4. The van der Waals surface area contributed by atoms with E-state index in [0.717, 1.165) is 27.7 Å². The van der Waals surface area contributed by atoms with Crippen LogP contribution in [0.1, 0.15) is 17.7 Å². The molecule has 7 heteroatoms. The minimum Gasteiger partial charge on any atom is -0.308 e. The topological polar surface area (TPSA) is 46.4 Å². The van der Waals surface area contributed by atoms with Crippen LogP contribution in [-0.4, -0.2) is 15.3 Å². The maximum absolute atomic E-state index is 12.9. The van der Waals surface area contributed by atoms with Crippen LogP contribution < -0.4 is 5.32 Å². The number of carbonyl (C=O) groups excluding carboxylic acids is 1. The van der Waals surface area contributed by atoms with Gasteiger partial charge in [-0.3, -0.25) is 9.20 Å². The molecule has 1 amide bonds. The summed E-state index contributed by atoms with van der Waals surface area (Å²) in [6, 6.07) is 13.8. The van der Waals surface area contributed by atoms with Crippen molar-refractivity contribution in [3.05, 3.63) is 65.4 Å². The van der Waals surface area contributed by atoms with Crippen molar-refractivity contribution in [1.29, 1.82) is 0 Å². The van der Waals surface area contributed by atoms with Crippen LogP contribution in [0, 0.1) is 0 Å². The summed E-state index contributed by atoms with van der Waals surface area (Å²) < 4.78 is 27.1. The summed E-state index contributed by atoms with van der Waals surface area (Å²) in [5.41, 5.74) is 0.758. The number of amides is 1. The number of benzene rings is 2. The van der Waals surface area contributed by atoms with E-state index < -0.39 is 6.43 Å². The van der Waals surface area contributed by atoms with Gasteiger partial charge in [-0.05, 0) is 16.3 Å². The van der Waals surface area contributed by atoms with E-state index in [9.17, 15) is 13.6 Å². The highest BCUT2D eigenvalue weighted by Gasteiger charge is 2.17. The lowest BCUT2D eigenvalue weighted by Gasteiger charge is -2.04. The molecule has 1 N–H and O–H groups in total. The van der Waals surface area contributed by atoms with E-state index in [-0.39, 0.29) is 18.0 Å². The van der Waals surface area contributed by atoms with Crippen molar-refractivity contribution in [2.45, 2.75) is 12.8 Å². The molecule has 2 aromatic heterocycles. The summed E-state index contributed by atoms with van der Waals surface area (Å²) in [7, 11) is 0. The van der Waals surface area contributed by atoms with Gasteiger partial charge in [-0.2, -0.15) is 0 Å². The maximum Gasteiger partial charge on any atom is 0.279 e. The highest BCUT2D eigenvalue weighted by molar-refractivity contribution is 7.16. The van der Waals surface area contributed by atoms with Crippen molar-refractivity contribution in [3.8, 4) is 0 Å². The van der Waals surface area contributed by atoms with E-state index >= 15 is 0 Å². The molecule has 0 radical (unpaired) electrons. The van der Waals surface area contributed by atoms with Crippen LogP contribution in [0.4, 0.5) is 14.6 Å². The van der Waals surface area contributed by atoms with Crippen molar-refractivity contribution in [2.75, 3.05) is 5.32 Å². The second-order valence-electron chi connectivity index (χ2n) is 5.64. The van der Waals surface area contributed by atoms with Crippen molar-refractivity contribution in [2.24, 2.45) is 0 Å². The number of aromatic nitrogens is 2. The number of nitrogens with one attached hydrogen (secondary N) is 1. The van der Waals surface area contributed by atoms with Crippen LogP contribution >= 0.6 is 11.3 Å². The number of thiazole rings is 1. The molecule has 0 atom stereocenters. The van der Waals surface area contributed by atoms with Gasteiger partial charge in [0.1, 0.15) is 16.9 Å². The second-order valence-corrected chi connectivity index (χ2v) is 6.49. The Morgan fingerprint density at radius 1 is 1.20 bits per heavy atom. The highest BCUT2D eigenvalue weighted by atomic mass is 32.1. The van der Waals surface area contributed by atoms with Crippen LogP contribution in [0.15, 0.2) is 54.2 Å².